The van der Waals surface area contributed by atoms with Gasteiger partial charge in [0.2, 0.25) is 5.88 Å². The minimum atomic E-state index is -1.46. The maximum Gasteiger partial charge on any atom is 0.251 e. The fourth-order valence-corrected chi connectivity index (χ4v) is 5.51. The van der Waals surface area contributed by atoms with Crippen molar-refractivity contribution in [3.05, 3.63) is 57.4 Å². The number of pyridine rings is 2. The fraction of sp³-hybridized carbons (Fsp3) is 0.500. The number of aryl methyl sites for hydroxylation is 1. The number of halogens is 1. The number of piperidine rings is 1. The van der Waals surface area contributed by atoms with E-state index in [0.717, 1.165) is 56.2 Å². The Bertz CT molecular complexity index is 1310. The normalized spacial score (nSPS) is 22.6. The highest BCUT2D eigenvalue weighted by molar-refractivity contribution is 5.81. The summed E-state index contributed by atoms with van der Waals surface area (Å²) in [5.41, 5.74) is 1.43. The Morgan fingerprint density at radius 2 is 2.12 bits per heavy atom. The van der Waals surface area contributed by atoms with Gasteiger partial charge < -0.3 is 19.7 Å². The van der Waals surface area contributed by atoms with Gasteiger partial charge in [-0.15, -0.1) is 5.10 Å². The highest BCUT2D eigenvalue weighted by Gasteiger charge is 2.43. The second-order valence-electron chi connectivity index (χ2n) is 9.55. The first-order valence-corrected chi connectivity index (χ1v) is 11.9. The molecule has 9 nitrogen and oxygen atoms in total. The number of β-amino-alcohol motifs (C(OH)–C–C–N with tert-alkyl or cyclic N) is 1. The molecule has 3 aromatic heterocycles. The predicted octanol–water partition coefficient (Wildman–Crippen LogP) is 1.11. The minimum Gasteiger partial charge on any atom is -0.476 e. The molecule has 0 bridgehead atoms. The van der Waals surface area contributed by atoms with Crippen LogP contribution >= 0.6 is 0 Å². The molecular formula is C24H27FN6O3. The molecule has 1 saturated heterocycles. The number of aliphatic hydroxyl groups is 1. The molecule has 34 heavy (non-hydrogen) atoms. The Labute approximate surface area is 195 Å². The molecule has 3 aliphatic heterocycles. The second kappa shape index (κ2) is 8.37. The zero-order valence-electron chi connectivity index (χ0n) is 18.8. The summed E-state index contributed by atoms with van der Waals surface area (Å²) in [4.78, 5) is 18.6. The quantitative estimate of drug-likeness (QED) is 0.576. The van der Waals surface area contributed by atoms with E-state index in [1.54, 1.807) is 6.07 Å². The van der Waals surface area contributed by atoms with Gasteiger partial charge in [-0.3, -0.25) is 14.7 Å². The van der Waals surface area contributed by atoms with E-state index < -0.39 is 11.4 Å². The molecule has 3 aliphatic rings. The van der Waals surface area contributed by atoms with Crippen LogP contribution in [0.25, 0.3) is 11.0 Å². The van der Waals surface area contributed by atoms with E-state index in [2.05, 4.69) is 31.5 Å². The van der Waals surface area contributed by atoms with Gasteiger partial charge in [0.1, 0.15) is 11.4 Å². The van der Waals surface area contributed by atoms with Crippen LogP contribution in [0.5, 0.6) is 5.88 Å². The summed E-state index contributed by atoms with van der Waals surface area (Å²) in [6.45, 7) is 3.20. The number of hydrogen-bond acceptors (Lipinski definition) is 8. The number of ether oxygens (including phenoxy) is 1. The van der Waals surface area contributed by atoms with Crippen LogP contribution in [0.3, 0.4) is 0 Å². The molecule has 6 heterocycles. The first-order chi connectivity index (χ1) is 16.5. The topological polar surface area (TPSA) is 105 Å². The van der Waals surface area contributed by atoms with E-state index in [1.807, 2.05) is 0 Å². The summed E-state index contributed by atoms with van der Waals surface area (Å²) in [6.07, 6.45) is 4.91. The van der Waals surface area contributed by atoms with Crippen LogP contribution in [0.15, 0.2) is 29.2 Å². The largest absolute Gasteiger partial charge is 0.476 e. The van der Waals surface area contributed by atoms with Crippen LogP contribution in [0, 0.1) is 5.82 Å². The van der Waals surface area contributed by atoms with Gasteiger partial charge in [0.05, 0.1) is 41.6 Å². The van der Waals surface area contributed by atoms with Crippen molar-refractivity contribution in [2.45, 2.75) is 50.4 Å². The van der Waals surface area contributed by atoms with Crippen molar-refractivity contribution in [3.8, 4) is 5.88 Å². The molecule has 1 unspecified atom stereocenters. The van der Waals surface area contributed by atoms with Crippen LogP contribution in [0.1, 0.15) is 36.1 Å². The van der Waals surface area contributed by atoms with Crippen LogP contribution < -0.4 is 15.6 Å². The Morgan fingerprint density at radius 3 is 2.97 bits per heavy atom. The second-order valence-corrected chi connectivity index (χ2v) is 9.55. The van der Waals surface area contributed by atoms with Gasteiger partial charge in [-0.25, -0.2) is 4.39 Å². The first-order valence-electron chi connectivity index (χ1n) is 11.9. The van der Waals surface area contributed by atoms with Gasteiger partial charge in [-0.05, 0) is 50.9 Å². The van der Waals surface area contributed by atoms with E-state index in [9.17, 15) is 14.3 Å². The molecular weight excluding hydrogens is 439 g/mol. The van der Waals surface area contributed by atoms with Gasteiger partial charge in [0.15, 0.2) is 0 Å². The third-order valence-electron chi connectivity index (χ3n) is 7.20. The number of rotatable bonds is 5. The van der Waals surface area contributed by atoms with Gasteiger partial charge in [0.25, 0.3) is 5.56 Å². The lowest BCUT2D eigenvalue weighted by Gasteiger charge is -2.37. The Kier molecular flexibility index (Phi) is 5.31. The molecule has 0 aromatic carbocycles. The lowest BCUT2D eigenvalue weighted by atomic mass is 9.93. The number of hydrogen-bond donors (Lipinski definition) is 2. The summed E-state index contributed by atoms with van der Waals surface area (Å²) < 4.78 is 21.8. The lowest BCUT2D eigenvalue weighted by molar-refractivity contribution is -0.0159. The molecule has 0 aliphatic carbocycles. The third-order valence-corrected chi connectivity index (χ3v) is 7.20. The number of fused-ring (bicyclic) bond motifs is 1. The van der Waals surface area contributed by atoms with Crippen LogP contribution in [0.2, 0.25) is 0 Å². The number of likely N-dealkylation sites (tertiary alicyclic amines) is 1. The van der Waals surface area contributed by atoms with E-state index in [0.29, 0.717) is 36.1 Å². The van der Waals surface area contributed by atoms with Crippen molar-refractivity contribution >= 4 is 11.0 Å². The molecule has 10 heteroatoms. The van der Waals surface area contributed by atoms with Gasteiger partial charge in [-0.2, -0.15) is 5.10 Å². The summed E-state index contributed by atoms with van der Waals surface area (Å²) in [7, 11) is 0. The molecule has 1 fully saturated rings. The molecule has 0 radical (unpaired) electrons. The molecule has 2 N–H and O–H groups in total. The number of aromatic nitrogens is 4. The van der Waals surface area contributed by atoms with E-state index in [4.69, 9.17) is 4.74 Å². The SMILES string of the molecule is O=c1ccc2ncc(F)c3c2n1CC3(O)CN1CCC(NCc2cc3c(nn2)OCCC3)CC1. The molecule has 0 amide bonds. The average molecular weight is 467 g/mol. The van der Waals surface area contributed by atoms with Crippen molar-refractivity contribution in [1.82, 2.24) is 30.0 Å². The van der Waals surface area contributed by atoms with Crippen molar-refractivity contribution < 1.29 is 14.2 Å². The van der Waals surface area contributed by atoms with E-state index >= 15 is 0 Å². The van der Waals surface area contributed by atoms with E-state index in [-0.39, 0.29) is 24.2 Å². The fourth-order valence-electron chi connectivity index (χ4n) is 5.51. The average Bonchev–Trinajstić information content (AvgIpc) is 3.17. The molecule has 0 saturated carbocycles. The highest BCUT2D eigenvalue weighted by Crippen LogP contribution is 2.38. The lowest BCUT2D eigenvalue weighted by Crippen LogP contribution is -2.48. The van der Waals surface area contributed by atoms with Crippen molar-refractivity contribution in [2.24, 2.45) is 0 Å². The number of nitrogens with one attached hydrogen (secondary N) is 1. The highest BCUT2D eigenvalue weighted by atomic mass is 19.1. The van der Waals surface area contributed by atoms with Crippen LogP contribution in [-0.2, 0) is 25.1 Å². The summed E-state index contributed by atoms with van der Waals surface area (Å²) >= 11 is 0. The maximum absolute atomic E-state index is 14.8. The molecule has 3 aromatic rings. The molecule has 0 spiro atoms. The first kappa shape index (κ1) is 21.6. The zero-order chi connectivity index (χ0) is 23.3. The van der Waals surface area contributed by atoms with Crippen molar-refractivity contribution in [1.29, 1.82) is 0 Å². The third kappa shape index (κ3) is 3.75. The molecule has 1 atom stereocenters. The zero-order valence-corrected chi connectivity index (χ0v) is 18.8. The van der Waals surface area contributed by atoms with Gasteiger partial charge in [0, 0.05) is 30.8 Å². The van der Waals surface area contributed by atoms with Crippen molar-refractivity contribution in [2.75, 3.05) is 26.2 Å². The monoisotopic (exact) mass is 466 g/mol. The summed E-state index contributed by atoms with van der Waals surface area (Å²) in [5.74, 6) is 0.0837. The van der Waals surface area contributed by atoms with Crippen LogP contribution in [-0.4, -0.2) is 62.0 Å². The standard InChI is InChI=1S/C24H27FN6O3/c25-18-12-27-19-3-4-20(32)31-14-24(33,21(18)22(19)31)13-30-7-5-16(6-8-30)26-11-17-10-15-2-1-9-34-23(15)29-28-17/h3-4,10,12,16,26,33H,1-2,5-9,11,13-14H2. The summed E-state index contributed by atoms with van der Waals surface area (Å²) in [6, 6.07) is 5.40. The molecule has 6 rings (SSSR count). The smallest absolute Gasteiger partial charge is 0.251 e. The maximum atomic E-state index is 14.8. The summed E-state index contributed by atoms with van der Waals surface area (Å²) in [5, 5.41) is 23.5. The van der Waals surface area contributed by atoms with Gasteiger partial charge >= 0.3 is 0 Å². The van der Waals surface area contributed by atoms with E-state index in [1.165, 1.54) is 10.6 Å². The minimum absolute atomic E-state index is 0.0417. The van der Waals surface area contributed by atoms with Crippen LogP contribution in [0.4, 0.5) is 4.39 Å². The Morgan fingerprint density at radius 1 is 1.26 bits per heavy atom. The van der Waals surface area contributed by atoms with Gasteiger partial charge in [-0.1, -0.05) is 0 Å². The Balaban J connectivity index is 1.09. The molecule has 178 valence electrons. The number of nitrogens with zero attached hydrogens (tertiary/aromatic N) is 5. The van der Waals surface area contributed by atoms with Crippen molar-refractivity contribution in [3.63, 3.8) is 0 Å². The predicted molar refractivity (Wildman–Crippen MR) is 122 cm³/mol. The Hall–Kier alpha value is -2.95.